The lowest BCUT2D eigenvalue weighted by atomic mass is 10.0. The molecule has 0 saturated carbocycles. The molecule has 2 aromatic carbocycles. The summed E-state index contributed by atoms with van der Waals surface area (Å²) in [6.45, 7) is 3.93. The molecule has 0 aliphatic carbocycles. The van der Waals surface area contributed by atoms with Crippen molar-refractivity contribution in [1.29, 1.82) is 0 Å². The summed E-state index contributed by atoms with van der Waals surface area (Å²) < 4.78 is 10.8. The summed E-state index contributed by atoms with van der Waals surface area (Å²) in [4.78, 5) is 41.1. The summed E-state index contributed by atoms with van der Waals surface area (Å²) in [6.07, 6.45) is 2.58. The Labute approximate surface area is 206 Å². The van der Waals surface area contributed by atoms with Gasteiger partial charge in [0.05, 0.1) is 37.5 Å². The summed E-state index contributed by atoms with van der Waals surface area (Å²) in [7, 11) is 1.65. The fourth-order valence-electron chi connectivity index (χ4n) is 4.65. The van der Waals surface area contributed by atoms with E-state index in [4.69, 9.17) is 9.47 Å². The maximum Gasteiger partial charge on any atom is 0.261 e. The van der Waals surface area contributed by atoms with E-state index in [0.717, 1.165) is 30.8 Å². The van der Waals surface area contributed by atoms with Crippen LogP contribution in [-0.2, 0) is 9.53 Å². The average Bonchev–Trinajstić information content (AvgIpc) is 3.14. The van der Waals surface area contributed by atoms with Gasteiger partial charge in [0.2, 0.25) is 5.91 Å². The van der Waals surface area contributed by atoms with Crippen LogP contribution in [0, 0.1) is 0 Å². The van der Waals surface area contributed by atoms with Crippen LogP contribution < -0.4 is 10.1 Å². The number of carbonyl (C=O) groups excluding carboxylic acids is 3. The summed E-state index contributed by atoms with van der Waals surface area (Å²) in [5.41, 5.74) is 2.08. The first-order valence-corrected chi connectivity index (χ1v) is 12.3. The normalized spacial score (nSPS) is 16.8. The number of ether oxygens (including phenoxy) is 2. The van der Waals surface area contributed by atoms with E-state index in [9.17, 15) is 14.4 Å². The number of rotatable bonds is 11. The summed E-state index contributed by atoms with van der Waals surface area (Å²) in [6, 6.07) is 15.0. The molecule has 0 spiro atoms. The second-order valence-corrected chi connectivity index (χ2v) is 8.86. The third-order valence-electron chi connectivity index (χ3n) is 6.64. The molecule has 0 aromatic heterocycles. The van der Waals surface area contributed by atoms with Gasteiger partial charge in [0.15, 0.2) is 0 Å². The van der Waals surface area contributed by atoms with Crippen LogP contribution in [0.4, 0.5) is 0 Å². The maximum atomic E-state index is 12.5. The van der Waals surface area contributed by atoms with Crippen LogP contribution in [0.1, 0.15) is 58.0 Å². The van der Waals surface area contributed by atoms with Crippen LogP contribution >= 0.6 is 0 Å². The van der Waals surface area contributed by atoms with E-state index in [1.807, 2.05) is 24.3 Å². The van der Waals surface area contributed by atoms with Gasteiger partial charge in [0.1, 0.15) is 5.75 Å². The van der Waals surface area contributed by atoms with Crippen molar-refractivity contribution in [3.63, 3.8) is 0 Å². The Bertz CT molecular complexity index is 998. The van der Waals surface area contributed by atoms with E-state index in [0.29, 0.717) is 56.7 Å². The molecule has 2 heterocycles. The highest BCUT2D eigenvalue weighted by atomic mass is 16.5. The second-order valence-electron chi connectivity index (χ2n) is 8.86. The molecule has 2 aromatic rings. The Kier molecular flexibility index (Phi) is 8.50. The van der Waals surface area contributed by atoms with Gasteiger partial charge < -0.3 is 14.8 Å². The Morgan fingerprint density at radius 1 is 0.971 bits per heavy atom. The third kappa shape index (κ3) is 6.07. The summed E-state index contributed by atoms with van der Waals surface area (Å²) in [5.74, 6) is 0.365. The largest absolute Gasteiger partial charge is 0.497 e. The molecule has 186 valence electrons. The number of unbranched alkanes of at least 4 members (excludes halogenated alkanes) is 2. The van der Waals surface area contributed by atoms with Gasteiger partial charge >= 0.3 is 0 Å². The number of hydrogen-bond donors (Lipinski definition) is 1. The first-order valence-electron chi connectivity index (χ1n) is 12.3. The Morgan fingerprint density at radius 2 is 1.63 bits per heavy atom. The third-order valence-corrected chi connectivity index (χ3v) is 6.64. The van der Waals surface area contributed by atoms with Crippen LogP contribution in [0.5, 0.6) is 5.75 Å². The van der Waals surface area contributed by atoms with Crippen molar-refractivity contribution in [2.75, 3.05) is 46.5 Å². The number of amides is 3. The second kappa shape index (κ2) is 12.0. The molecule has 1 unspecified atom stereocenters. The number of methoxy groups -OCH3 is 1. The molecule has 8 nitrogen and oxygen atoms in total. The molecule has 1 atom stereocenters. The van der Waals surface area contributed by atoms with Gasteiger partial charge in [-0.15, -0.1) is 0 Å². The number of fused-ring (bicyclic) bond motifs is 1. The minimum atomic E-state index is -0.226. The molecular formula is C27H33N3O5. The van der Waals surface area contributed by atoms with Crippen molar-refractivity contribution in [3.8, 4) is 5.75 Å². The molecule has 2 aliphatic rings. The molecule has 3 amide bonds. The highest BCUT2D eigenvalue weighted by molar-refractivity contribution is 6.21. The zero-order valence-corrected chi connectivity index (χ0v) is 20.2. The molecular weight excluding hydrogens is 446 g/mol. The minimum absolute atomic E-state index is 0.0116. The first kappa shape index (κ1) is 24.9. The Morgan fingerprint density at radius 3 is 2.26 bits per heavy atom. The first-order chi connectivity index (χ1) is 17.1. The molecule has 1 fully saturated rings. The van der Waals surface area contributed by atoms with Gasteiger partial charge in [-0.2, -0.15) is 0 Å². The number of nitrogens with one attached hydrogen (secondary N) is 1. The van der Waals surface area contributed by atoms with E-state index in [1.54, 1.807) is 31.4 Å². The van der Waals surface area contributed by atoms with Crippen LogP contribution in [0.15, 0.2) is 48.5 Å². The zero-order valence-electron chi connectivity index (χ0n) is 20.2. The molecule has 0 radical (unpaired) electrons. The van der Waals surface area contributed by atoms with Crippen molar-refractivity contribution >= 4 is 17.7 Å². The quantitative estimate of drug-likeness (QED) is 0.394. The molecule has 35 heavy (non-hydrogen) atoms. The zero-order chi connectivity index (χ0) is 24.6. The Balaban J connectivity index is 1.21. The van der Waals surface area contributed by atoms with Crippen LogP contribution in [0.2, 0.25) is 0 Å². The number of benzene rings is 2. The monoisotopic (exact) mass is 479 g/mol. The van der Waals surface area contributed by atoms with Gasteiger partial charge in [-0.05, 0) is 42.7 Å². The molecule has 2 aliphatic heterocycles. The van der Waals surface area contributed by atoms with Crippen molar-refractivity contribution < 1.29 is 23.9 Å². The van der Waals surface area contributed by atoms with Crippen molar-refractivity contribution in [1.82, 2.24) is 15.1 Å². The average molecular weight is 480 g/mol. The standard InChI is InChI=1S/C27H33N3O5/c1-34-21-12-10-20(11-13-21)24(29-15-17-35-18-16-29)19-28-25(31)9-3-2-6-14-30-26(32)22-7-4-5-8-23(22)27(30)33/h4-5,7-8,10-13,24H,2-3,6,9,14-19H2,1H3,(H,28,31). The fourth-order valence-corrected chi connectivity index (χ4v) is 4.65. The molecule has 8 heteroatoms. The van der Waals surface area contributed by atoms with E-state index in [2.05, 4.69) is 10.2 Å². The van der Waals surface area contributed by atoms with Crippen molar-refractivity contribution in [2.45, 2.75) is 31.7 Å². The molecule has 1 saturated heterocycles. The van der Waals surface area contributed by atoms with Crippen molar-refractivity contribution in [3.05, 3.63) is 65.2 Å². The van der Waals surface area contributed by atoms with E-state index < -0.39 is 0 Å². The van der Waals surface area contributed by atoms with Gasteiger partial charge in [0.25, 0.3) is 11.8 Å². The number of imide groups is 1. The van der Waals surface area contributed by atoms with Gasteiger partial charge in [-0.3, -0.25) is 24.2 Å². The smallest absolute Gasteiger partial charge is 0.261 e. The van der Waals surface area contributed by atoms with E-state index >= 15 is 0 Å². The van der Waals surface area contributed by atoms with Crippen molar-refractivity contribution in [2.24, 2.45) is 0 Å². The fraction of sp³-hybridized carbons (Fsp3) is 0.444. The predicted octanol–water partition coefficient (Wildman–Crippen LogP) is 3.04. The van der Waals surface area contributed by atoms with Crippen LogP contribution in [0.3, 0.4) is 0 Å². The number of nitrogens with zero attached hydrogens (tertiary/aromatic N) is 2. The maximum absolute atomic E-state index is 12.5. The Hall–Kier alpha value is -3.23. The minimum Gasteiger partial charge on any atom is -0.497 e. The highest BCUT2D eigenvalue weighted by Gasteiger charge is 2.34. The van der Waals surface area contributed by atoms with Crippen LogP contribution in [0.25, 0.3) is 0 Å². The SMILES string of the molecule is COc1ccc(C(CNC(=O)CCCCCN2C(=O)c3ccccc3C2=O)N2CCOCC2)cc1. The number of hydrogen-bond acceptors (Lipinski definition) is 6. The summed E-state index contributed by atoms with van der Waals surface area (Å²) >= 11 is 0. The highest BCUT2D eigenvalue weighted by Crippen LogP contribution is 2.24. The topological polar surface area (TPSA) is 88.2 Å². The lowest BCUT2D eigenvalue weighted by Crippen LogP contribution is -2.43. The van der Waals surface area contributed by atoms with E-state index in [-0.39, 0.29) is 23.8 Å². The molecule has 0 bridgehead atoms. The van der Waals surface area contributed by atoms with Gasteiger partial charge in [-0.25, -0.2) is 0 Å². The van der Waals surface area contributed by atoms with Gasteiger partial charge in [-0.1, -0.05) is 30.7 Å². The predicted molar refractivity (Wildman–Crippen MR) is 131 cm³/mol. The molecule has 4 rings (SSSR count). The van der Waals surface area contributed by atoms with Gasteiger partial charge in [0, 0.05) is 32.6 Å². The summed E-state index contributed by atoms with van der Waals surface area (Å²) in [5, 5.41) is 3.09. The number of morpholine rings is 1. The lowest BCUT2D eigenvalue weighted by Gasteiger charge is -2.35. The van der Waals surface area contributed by atoms with Crippen LogP contribution in [-0.4, -0.2) is 74.0 Å². The molecule has 1 N–H and O–H groups in total. The lowest BCUT2D eigenvalue weighted by molar-refractivity contribution is -0.121. The number of carbonyl (C=O) groups is 3. The van der Waals surface area contributed by atoms with E-state index in [1.165, 1.54) is 4.90 Å².